The third-order valence-corrected chi connectivity index (χ3v) is 3.65. The number of pyridine rings is 1. The van der Waals surface area contributed by atoms with Gasteiger partial charge in [0.25, 0.3) is 0 Å². The maximum absolute atomic E-state index is 6.03. The van der Waals surface area contributed by atoms with Gasteiger partial charge < -0.3 is 14.4 Å². The molecular formula is C16H17ClN2O2. The van der Waals surface area contributed by atoms with Crippen molar-refractivity contribution < 1.29 is 9.47 Å². The molecule has 0 bridgehead atoms. The van der Waals surface area contributed by atoms with Crippen molar-refractivity contribution in [3.05, 3.63) is 59.4 Å². The standard InChI is InChI=1S/C16H17ClN2O2/c1-2-20-15-11-19(14-4-3-9-18-10-14)16(21-15)12-5-7-13(17)8-6-12/h3-10,15-16H,2,11H2,1H3. The molecule has 0 saturated carbocycles. The number of hydrogen-bond donors (Lipinski definition) is 0. The number of halogens is 1. The number of ether oxygens (including phenoxy) is 2. The Morgan fingerprint density at radius 3 is 2.81 bits per heavy atom. The number of aromatic nitrogens is 1. The zero-order valence-corrected chi connectivity index (χ0v) is 12.5. The molecule has 0 N–H and O–H groups in total. The van der Waals surface area contributed by atoms with Crippen molar-refractivity contribution in [2.45, 2.75) is 19.4 Å². The van der Waals surface area contributed by atoms with E-state index in [1.807, 2.05) is 49.5 Å². The maximum atomic E-state index is 6.03. The number of rotatable bonds is 4. The zero-order chi connectivity index (χ0) is 14.7. The predicted molar refractivity (Wildman–Crippen MR) is 82.3 cm³/mol. The van der Waals surface area contributed by atoms with Gasteiger partial charge in [0, 0.05) is 23.4 Å². The van der Waals surface area contributed by atoms with Crippen molar-refractivity contribution in [2.24, 2.45) is 0 Å². The monoisotopic (exact) mass is 304 g/mol. The van der Waals surface area contributed by atoms with E-state index in [9.17, 15) is 0 Å². The van der Waals surface area contributed by atoms with E-state index in [-0.39, 0.29) is 12.5 Å². The number of benzene rings is 1. The van der Waals surface area contributed by atoms with Crippen molar-refractivity contribution >= 4 is 17.3 Å². The third kappa shape index (κ3) is 3.18. The van der Waals surface area contributed by atoms with E-state index < -0.39 is 0 Å². The van der Waals surface area contributed by atoms with Crippen molar-refractivity contribution in [3.63, 3.8) is 0 Å². The summed E-state index contributed by atoms with van der Waals surface area (Å²) in [5.74, 6) is 0. The summed E-state index contributed by atoms with van der Waals surface area (Å²) < 4.78 is 11.6. The smallest absolute Gasteiger partial charge is 0.177 e. The number of anilines is 1. The lowest BCUT2D eigenvalue weighted by Gasteiger charge is -2.24. The summed E-state index contributed by atoms with van der Waals surface area (Å²) in [6.45, 7) is 3.26. The van der Waals surface area contributed by atoms with Crippen LogP contribution in [0.1, 0.15) is 18.7 Å². The SMILES string of the molecule is CCOC1CN(c2cccnc2)C(c2ccc(Cl)cc2)O1. The Morgan fingerprint density at radius 1 is 1.33 bits per heavy atom. The van der Waals surface area contributed by atoms with Crippen molar-refractivity contribution in [1.29, 1.82) is 0 Å². The molecule has 5 heteroatoms. The van der Waals surface area contributed by atoms with Gasteiger partial charge in [-0.3, -0.25) is 4.98 Å². The first-order valence-electron chi connectivity index (χ1n) is 6.97. The fourth-order valence-electron chi connectivity index (χ4n) is 2.44. The first-order chi connectivity index (χ1) is 10.3. The van der Waals surface area contributed by atoms with Gasteiger partial charge in [0.1, 0.15) is 0 Å². The molecule has 0 amide bonds. The third-order valence-electron chi connectivity index (χ3n) is 3.39. The topological polar surface area (TPSA) is 34.6 Å². The van der Waals surface area contributed by atoms with Crippen molar-refractivity contribution in [3.8, 4) is 0 Å². The number of nitrogens with zero attached hydrogens (tertiary/aromatic N) is 2. The molecule has 1 aliphatic rings. The minimum absolute atomic E-state index is 0.192. The van der Waals surface area contributed by atoms with Gasteiger partial charge in [0.15, 0.2) is 12.5 Å². The second-order valence-corrected chi connectivity index (χ2v) is 5.22. The molecule has 1 fully saturated rings. The lowest BCUT2D eigenvalue weighted by atomic mass is 10.2. The van der Waals surface area contributed by atoms with Crippen molar-refractivity contribution in [2.75, 3.05) is 18.1 Å². The summed E-state index contributed by atoms with van der Waals surface area (Å²) in [7, 11) is 0. The average molecular weight is 305 g/mol. The fraction of sp³-hybridized carbons (Fsp3) is 0.312. The van der Waals surface area contributed by atoms with E-state index in [1.54, 1.807) is 6.20 Å². The second-order valence-electron chi connectivity index (χ2n) is 4.79. The largest absolute Gasteiger partial charge is 0.351 e. The van der Waals surface area contributed by atoms with E-state index in [0.717, 1.165) is 11.3 Å². The Bertz CT molecular complexity index is 577. The van der Waals surface area contributed by atoms with Crippen molar-refractivity contribution in [1.82, 2.24) is 4.98 Å². The van der Waals surface area contributed by atoms with Gasteiger partial charge in [-0.2, -0.15) is 0 Å². The average Bonchev–Trinajstić information content (AvgIpc) is 2.93. The first-order valence-corrected chi connectivity index (χ1v) is 7.35. The van der Waals surface area contributed by atoms with Crippen LogP contribution < -0.4 is 4.90 Å². The van der Waals surface area contributed by atoms with Gasteiger partial charge in [0.2, 0.25) is 0 Å². The molecule has 2 atom stereocenters. The summed E-state index contributed by atoms with van der Waals surface area (Å²) in [6.07, 6.45) is 3.16. The maximum Gasteiger partial charge on any atom is 0.177 e. The van der Waals surface area contributed by atoms with Crippen LogP contribution in [0, 0.1) is 0 Å². The van der Waals surface area contributed by atoms with Crippen LogP contribution in [0.3, 0.4) is 0 Å². The van der Waals surface area contributed by atoms with E-state index in [1.165, 1.54) is 0 Å². The number of hydrogen-bond acceptors (Lipinski definition) is 4. The van der Waals surface area contributed by atoms with Crippen LogP contribution in [0.4, 0.5) is 5.69 Å². The molecule has 21 heavy (non-hydrogen) atoms. The minimum atomic E-state index is -0.240. The van der Waals surface area contributed by atoms with Crippen LogP contribution in [0.2, 0.25) is 5.02 Å². The quantitative estimate of drug-likeness (QED) is 0.864. The van der Waals surface area contributed by atoms with E-state index in [4.69, 9.17) is 21.1 Å². The van der Waals surface area contributed by atoms with Gasteiger partial charge in [0.05, 0.1) is 18.4 Å². The Kier molecular flexibility index (Phi) is 4.39. The molecule has 3 rings (SSSR count). The van der Waals surface area contributed by atoms with Crippen LogP contribution in [0.5, 0.6) is 0 Å². The fourth-order valence-corrected chi connectivity index (χ4v) is 2.57. The molecule has 110 valence electrons. The van der Waals surface area contributed by atoms with Gasteiger partial charge in [-0.05, 0) is 31.2 Å². The summed E-state index contributed by atoms with van der Waals surface area (Å²) >= 11 is 5.96. The predicted octanol–water partition coefficient (Wildman–Crippen LogP) is 3.63. The molecular weight excluding hydrogens is 288 g/mol. The summed E-state index contributed by atoms with van der Waals surface area (Å²) in [4.78, 5) is 6.33. The van der Waals surface area contributed by atoms with Gasteiger partial charge >= 0.3 is 0 Å². The molecule has 1 aromatic heterocycles. The molecule has 0 aliphatic carbocycles. The Morgan fingerprint density at radius 2 is 2.14 bits per heavy atom. The molecule has 1 aliphatic heterocycles. The summed E-state index contributed by atoms with van der Waals surface area (Å²) in [6, 6.07) is 11.6. The summed E-state index contributed by atoms with van der Waals surface area (Å²) in [5, 5.41) is 0.714. The zero-order valence-electron chi connectivity index (χ0n) is 11.8. The first kappa shape index (κ1) is 14.3. The highest BCUT2D eigenvalue weighted by Crippen LogP contribution is 2.35. The molecule has 2 aromatic rings. The lowest BCUT2D eigenvalue weighted by Crippen LogP contribution is -2.25. The second kappa shape index (κ2) is 6.43. The van der Waals surface area contributed by atoms with Crippen LogP contribution in [0.25, 0.3) is 0 Å². The highest BCUT2D eigenvalue weighted by Gasteiger charge is 2.34. The van der Waals surface area contributed by atoms with Crippen LogP contribution in [0.15, 0.2) is 48.8 Å². The Balaban J connectivity index is 1.89. The minimum Gasteiger partial charge on any atom is -0.351 e. The summed E-state index contributed by atoms with van der Waals surface area (Å²) in [5.41, 5.74) is 2.06. The molecule has 4 nitrogen and oxygen atoms in total. The molecule has 0 radical (unpaired) electrons. The molecule has 2 unspecified atom stereocenters. The highest BCUT2D eigenvalue weighted by atomic mass is 35.5. The Hall–Kier alpha value is -1.62. The highest BCUT2D eigenvalue weighted by molar-refractivity contribution is 6.30. The van der Waals surface area contributed by atoms with Crippen LogP contribution in [-0.4, -0.2) is 24.4 Å². The Labute approximate surface area is 129 Å². The molecule has 1 saturated heterocycles. The molecule has 1 aromatic carbocycles. The van der Waals surface area contributed by atoms with Crippen LogP contribution in [-0.2, 0) is 9.47 Å². The molecule has 0 spiro atoms. The van der Waals surface area contributed by atoms with E-state index in [2.05, 4.69) is 9.88 Å². The van der Waals surface area contributed by atoms with Gasteiger partial charge in [-0.1, -0.05) is 23.7 Å². The van der Waals surface area contributed by atoms with Crippen LogP contribution >= 0.6 is 11.6 Å². The normalized spacial score (nSPS) is 21.7. The van der Waals surface area contributed by atoms with E-state index >= 15 is 0 Å². The van der Waals surface area contributed by atoms with Gasteiger partial charge in [-0.15, -0.1) is 0 Å². The van der Waals surface area contributed by atoms with Gasteiger partial charge in [-0.25, -0.2) is 0 Å². The lowest BCUT2D eigenvalue weighted by molar-refractivity contribution is -0.125. The van der Waals surface area contributed by atoms with E-state index in [0.29, 0.717) is 18.2 Å². The molecule has 2 heterocycles.